The van der Waals surface area contributed by atoms with Gasteiger partial charge in [-0.05, 0) is 45.8 Å². The predicted octanol–water partition coefficient (Wildman–Crippen LogP) is 4.66. The van der Waals surface area contributed by atoms with Crippen LogP contribution in [0.2, 0.25) is 0 Å². The van der Waals surface area contributed by atoms with Gasteiger partial charge in [0.15, 0.2) is 0 Å². The highest BCUT2D eigenvalue weighted by molar-refractivity contribution is 9.11. The zero-order chi connectivity index (χ0) is 16.3. The van der Waals surface area contributed by atoms with Crippen LogP contribution in [0.25, 0.3) is 0 Å². The molecule has 4 nitrogen and oxygen atoms in total. The summed E-state index contributed by atoms with van der Waals surface area (Å²) < 4.78 is 1.96. The van der Waals surface area contributed by atoms with Crippen LogP contribution in [0.15, 0.2) is 44.4 Å². The minimum Gasteiger partial charge on any atom is -0.478 e. The van der Waals surface area contributed by atoms with Crippen LogP contribution in [0.1, 0.15) is 15.9 Å². The summed E-state index contributed by atoms with van der Waals surface area (Å²) in [5.74, 6) is -0.332. The van der Waals surface area contributed by atoms with Gasteiger partial charge in [0.1, 0.15) is 5.03 Å². The van der Waals surface area contributed by atoms with E-state index in [-0.39, 0.29) is 5.56 Å². The van der Waals surface area contributed by atoms with Crippen molar-refractivity contribution in [3.05, 3.63) is 50.5 Å². The summed E-state index contributed by atoms with van der Waals surface area (Å²) >= 11 is 8.48. The Morgan fingerprint density at radius 2 is 2.09 bits per heavy atom. The van der Waals surface area contributed by atoms with Crippen molar-refractivity contribution < 1.29 is 9.90 Å². The lowest BCUT2D eigenvalue weighted by atomic mass is 10.2. The van der Waals surface area contributed by atoms with E-state index in [4.69, 9.17) is 0 Å². The summed E-state index contributed by atoms with van der Waals surface area (Å²) in [7, 11) is 3.96. The van der Waals surface area contributed by atoms with Gasteiger partial charge in [0.2, 0.25) is 0 Å². The smallest absolute Gasteiger partial charge is 0.338 e. The molecule has 0 aliphatic carbocycles. The second kappa shape index (κ2) is 7.48. The molecule has 0 fully saturated rings. The van der Waals surface area contributed by atoms with Gasteiger partial charge in [-0.1, -0.05) is 15.9 Å². The number of nitrogens with zero attached hydrogens (tertiary/aromatic N) is 2. The summed E-state index contributed by atoms with van der Waals surface area (Å²) in [6, 6.07) is 7.24. The highest BCUT2D eigenvalue weighted by Crippen LogP contribution is 2.36. The Bertz CT molecular complexity index is 708. The van der Waals surface area contributed by atoms with E-state index >= 15 is 0 Å². The third-order valence-corrected chi connectivity index (χ3v) is 5.04. The van der Waals surface area contributed by atoms with Crippen LogP contribution < -0.4 is 4.90 Å². The van der Waals surface area contributed by atoms with Gasteiger partial charge in [0, 0.05) is 35.0 Å². The summed E-state index contributed by atoms with van der Waals surface area (Å²) in [5, 5.41) is 9.74. The molecule has 0 aliphatic rings. The molecule has 1 heterocycles. The molecule has 0 amide bonds. The normalized spacial score (nSPS) is 10.5. The Balaban J connectivity index is 2.31. The van der Waals surface area contributed by atoms with Crippen LogP contribution in [0.3, 0.4) is 0 Å². The Kier molecular flexibility index (Phi) is 5.88. The zero-order valence-electron chi connectivity index (χ0n) is 12.0. The topological polar surface area (TPSA) is 53.4 Å². The SMILES string of the molecule is CN(C)c1c(Br)cc(Br)cc1CSc1ncccc1C(=O)O. The van der Waals surface area contributed by atoms with Gasteiger partial charge in [0.05, 0.1) is 11.3 Å². The van der Waals surface area contributed by atoms with Crippen molar-refractivity contribution >= 4 is 55.3 Å². The largest absolute Gasteiger partial charge is 0.478 e. The fourth-order valence-corrected chi connectivity index (χ4v) is 4.67. The Labute approximate surface area is 150 Å². The van der Waals surface area contributed by atoms with Crippen molar-refractivity contribution in [1.29, 1.82) is 0 Å². The lowest BCUT2D eigenvalue weighted by molar-refractivity contribution is 0.0692. The first-order chi connectivity index (χ1) is 10.4. The minimum atomic E-state index is -0.959. The monoisotopic (exact) mass is 444 g/mol. The maximum absolute atomic E-state index is 11.2. The van der Waals surface area contributed by atoms with Crippen molar-refractivity contribution in [2.45, 2.75) is 10.8 Å². The number of carboxylic acids is 1. The minimum absolute atomic E-state index is 0.230. The average molecular weight is 446 g/mol. The van der Waals surface area contributed by atoms with Crippen LogP contribution in [-0.2, 0) is 5.75 Å². The van der Waals surface area contributed by atoms with E-state index in [2.05, 4.69) is 36.8 Å². The van der Waals surface area contributed by atoms with Gasteiger partial charge in [-0.3, -0.25) is 0 Å². The Hall–Kier alpha value is -1.05. The van der Waals surface area contributed by atoms with E-state index < -0.39 is 5.97 Å². The number of anilines is 1. The molecule has 0 bridgehead atoms. The van der Waals surface area contributed by atoms with E-state index in [1.54, 1.807) is 18.3 Å². The van der Waals surface area contributed by atoms with Crippen molar-refractivity contribution in [3.8, 4) is 0 Å². The summed E-state index contributed by atoms with van der Waals surface area (Å²) in [6.07, 6.45) is 1.61. The fraction of sp³-hybridized carbons (Fsp3) is 0.200. The summed E-state index contributed by atoms with van der Waals surface area (Å²) in [6.45, 7) is 0. The molecule has 116 valence electrons. The lowest BCUT2D eigenvalue weighted by Gasteiger charge is -2.20. The molecule has 0 radical (unpaired) electrons. The van der Waals surface area contributed by atoms with Crippen LogP contribution in [0.5, 0.6) is 0 Å². The number of rotatable bonds is 5. The van der Waals surface area contributed by atoms with Crippen molar-refractivity contribution in [2.24, 2.45) is 0 Å². The van der Waals surface area contributed by atoms with E-state index in [0.717, 1.165) is 20.2 Å². The highest BCUT2D eigenvalue weighted by atomic mass is 79.9. The zero-order valence-corrected chi connectivity index (χ0v) is 16.0. The molecule has 22 heavy (non-hydrogen) atoms. The molecular weight excluding hydrogens is 432 g/mol. The standard InChI is InChI=1S/C15H14Br2N2O2S/c1-19(2)13-9(6-10(16)7-12(13)17)8-22-14-11(15(20)21)4-3-5-18-14/h3-7H,8H2,1-2H3,(H,20,21). The Morgan fingerprint density at radius 3 is 2.73 bits per heavy atom. The fourth-order valence-electron chi connectivity index (χ4n) is 2.04. The maximum atomic E-state index is 11.2. The van der Waals surface area contributed by atoms with Crippen molar-refractivity contribution in [1.82, 2.24) is 4.98 Å². The third kappa shape index (κ3) is 4.02. The van der Waals surface area contributed by atoms with Gasteiger partial charge >= 0.3 is 5.97 Å². The molecular formula is C15H14Br2N2O2S. The van der Waals surface area contributed by atoms with Crippen molar-refractivity contribution in [3.63, 3.8) is 0 Å². The van der Waals surface area contributed by atoms with Gasteiger partial charge < -0.3 is 10.0 Å². The molecule has 2 rings (SSSR count). The molecule has 0 unspecified atom stereocenters. The van der Waals surface area contributed by atoms with Crippen LogP contribution in [0, 0.1) is 0 Å². The number of aromatic carboxylic acids is 1. The molecule has 1 N–H and O–H groups in total. The van der Waals surface area contributed by atoms with Crippen LogP contribution in [0.4, 0.5) is 5.69 Å². The van der Waals surface area contributed by atoms with Gasteiger partial charge in [-0.2, -0.15) is 0 Å². The first kappa shape index (κ1) is 17.3. The summed E-state index contributed by atoms with van der Waals surface area (Å²) in [4.78, 5) is 17.5. The Morgan fingerprint density at radius 1 is 1.36 bits per heavy atom. The van der Waals surface area contributed by atoms with E-state index in [1.165, 1.54) is 11.8 Å². The highest BCUT2D eigenvalue weighted by Gasteiger charge is 2.15. The average Bonchev–Trinajstić information content (AvgIpc) is 2.44. The number of benzene rings is 1. The number of hydrogen-bond acceptors (Lipinski definition) is 4. The number of hydrogen-bond donors (Lipinski definition) is 1. The first-order valence-electron chi connectivity index (χ1n) is 6.36. The molecule has 0 atom stereocenters. The second-order valence-electron chi connectivity index (χ2n) is 4.74. The third-order valence-electron chi connectivity index (χ3n) is 2.92. The van der Waals surface area contributed by atoms with Crippen molar-refractivity contribution in [2.75, 3.05) is 19.0 Å². The van der Waals surface area contributed by atoms with E-state index in [0.29, 0.717) is 10.8 Å². The molecule has 7 heteroatoms. The molecule has 0 saturated carbocycles. The second-order valence-corrected chi connectivity index (χ2v) is 7.47. The molecule has 2 aromatic rings. The molecule has 1 aromatic carbocycles. The number of thioether (sulfide) groups is 1. The van der Waals surface area contributed by atoms with Gasteiger partial charge in [0.25, 0.3) is 0 Å². The number of carboxylic acid groups (broad SMARTS) is 1. The first-order valence-corrected chi connectivity index (χ1v) is 8.93. The number of aromatic nitrogens is 1. The number of pyridine rings is 1. The van der Waals surface area contributed by atoms with Crippen LogP contribution in [-0.4, -0.2) is 30.2 Å². The molecule has 0 spiro atoms. The van der Waals surface area contributed by atoms with E-state index in [9.17, 15) is 9.90 Å². The molecule has 0 aliphatic heterocycles. The number of halogens is 2. The molecule has 0 saturated heterocycles. The molecule has 1 aromatic heterocycles. The van der Waals surface area contributed by atoms with E-state index in [1.807, 2.05) is 31.1 Å². The predicted molar refractivity (Wildman–Crippen MR) is 96.9 cm³/mol. The quantitative estimate of drug-likeness (QED) is 0.678. The van der Waals surface area contributed by atoms with Gasteiger partial charge in [-0.15, -0.1) is 11.8 Å². The number of carbonyl (C=O) groups is 1. The lowest BCUT2D eigenvalue weighted by Crippen LogP contribution is -2.12. The summed E-state index contributed by atoms with van der Waals surface area (Å²) in [5.41, 5.74) is 2.40. The maximum Gasteiger partial charge on any atom is 0.338 e. The van der Waals surface area contributed by atoms with Gasteiger partial charge in [-0.25, -0.2) is 9.78 Å². The van der Waals surface area contributed by atoms with Crippen LogP contribution >= 0.6 is 43.6 Å².